The normalized spacial score (nSPS) is 10.8. The van der Waals surface area contributed by atoms with Crippen molar-refractivity contribution in [2.75, 3.05) is 11.9 Å². The molecule has 0 saturated carbocycles. The molecule has 12 heteroatoms. The summed E-state index contributed by atoms with van der Waals surface area (Å²) in [5.41, 5.74) is 0.675. The van der Waals surface area contributed by atoms with Gasteiger partial charge in [0, 0.05) is 36.5 Å². The number of aromatic nitrogens is 5. The molecule has 2 heterocycles. The average Bonchev–Trinajstić information content (AvgIpc) is 3.32. The fourth-order valence-electron chi connectivity index (χ4n) is 3.07. The highest BCUT2D eigenvalue weighted by Crippen LogP contribution is 2.17. The van der Waals surface area contributed by atoms with Gasteiger partial charge in [-0.05, 0) is 17.7 Å². The Bertz CT molecular complexity index is 1350. The summed E-state index contributed by atoms with van der Waals surface area (Å²) >= 11 is 0. The minimum Gasteiger partial charge on any atom is -0.447 e. The molecule has 0 bridgehead atoms. The molecule has 0 aliphatic heterocycles. The van der Waals surface area contributed by atoms with Crippen molar-refractivity contribution in [1.29, 1.82) is 0 Å². The number of rotatable bonds is 7. The zero-order valence-electron chi connectivity index (χ0n) is 17.5. The summed E-state index contributed by atoms with van der Waals surface area (Å²) in [6, 6.07) is 9.41. The molecule has 2 aromatic carbocycles. The number of hydrogen-bond donors (Lipinski definition) is 1. The SMILES string of the molecule is O=C(Nc1cccc(Cc2nn(-c3cc(F)c(F)c(F)c3)ccc2=O)c1)OCCn1cncn1. The number of anilines is 1. The highest BCUT2D eigenvalue weighted by molar-refractivity contribution is 5.84. The molecule has 4 rings (SSSR count). The maximum atomic E-state index is 13.6. The number of hydrogen-bond acceptors (Lipinski definition) is 6. The zero-order chi connectivity index (χ0) is 24.1. The predicted molar refractivity (Wildman–Crippen MR) is 114 cm³/mol. The van der Waals surface area contributed by atoms with Crippen LogP contribution in [-0.2, 0) is 17.7 Å². The Labute approximate surface area is 190 Å². The van der Waals surface area contributed by atoms with E-state index >= 15 is 0 Å². The molecule has 174 valence electrons. The van der Waals surface area contributed by atoms with Gasteiger partial charge in [0.15, 0.2) is 17.5 Å². The van der Waals surface area contributed by atoms with Gasteiger partial charge in [0.1, 0.15) is 25.0 Å². The van der Waals surface area contributed by atoms with Gasteiger partial charge >= 0.3 is 6.09 Å². The van der Waals surface area contributed by atoms with Gasteiger partial charge in [-0.3, -0.25) is 10.1 Å². The van der Waals surface area contributed by atoms with E-state index in [0.717, 1.165) is 16.8 Å². The van der Waals surface area contributed by atoms with Crippen LogP contribution < -0.4 is 10.7 Å². The minimum atomic E-state index is -1.59. The van der Waals surface area contributed by atoms with Crippen LogP contribution in [0.15, 0.2) is 66.1 Å². The second-order valence-electron chi connectivity index (χ2n) is 7.09. The molecule has 9 nitrogen and oxygen atoms in total. The molecular weight excluding hydrogens is 453 g/mol. The molecule has 2 aromatic heterocycles. The Kier molecular flexibility index (Phi) is 6.67. The van der Waals surface area contributed by atoms with E-state index in [1.807, 2.05) is 0 Å². The van der Waals surface area contributed by atoms with E-state index in [9.17, 15) is 22.8 Å². The van der Waals surface area contributed by atoms with Crippen LogP contribution in [0.2, 0.25) is 0 Å². The number of nitrogens with one attached hydrogen (secondary N) is 1. The largest absolute Gasteiger partial charge is 0.447 e. The first-order valence-corrected chi connectivity index (χ1v) is 9.98. The monoisotopic (exact) mass is 470 g/mol. The summed E-state index contributed by atoms with van der Waals surface area (Å²) in [5.74, 6) is -4.33. The molecule has 0 radical (unpaired) electrons. The van der Waals surface area contributed by atoms with Crippen LogP contribution >= 0.6 is 0 Å². The maximum Gasteiger partial charge on any atom is 0.411 e. The van der Waals surface area contributed by atoms with Gasteiger partial charge < -0.3 is 4.74 Å². The van der Waals surface area contributed by atoms with E-state index in [4.69, 9.17) is 4.74 Å². The molecule has 1 amide bonds. The lowest BCUT2D eigenvalue weighted by Gasteiger charge is -2.10. The van der Waals surface area contributed by atoms with E-state index in [2.05, 4.69) is 20.5 Å². The third-order valence-corrected chi connectivity index (χ3v) is 4.68. The molecule has 34 heavy (non-hydrogen) atoms. The van der Waals surface area contributed by atoms with Crippen molar-refractivity contribution in [3.8, 4) is 5.69 Å². The Morgan fingerprint density at radius 3 is 2.62 bits per heavy atom. The van der Waals surface area contributed by atoms with Gasteiger partial charge in [-0.2, -0.15) is 10.2 Å². The molecule has 0 aliphatic rings. The van der Waals surface area contributed by atoms with Crippen molar-refractivity contribution in [3.05, 3.63) is 100 Å². The first kappa shape index (κ1) is 22.7. The van der Waals surface area contributed by atoms with Crippen LogP contribution in [0, 0.1) is 17.5 Å². The topological polar surface area (TPSA) is 104 Å². The fraction of sp³-hybridized carbons (Fsp3) is 0.136. The van der Waals surface area contributed by atoms with E-state index in [0.29, 0.717) is 17.8 Å². The Morgan fingerprint density at radius 1 is 1.09 bits per heavy atom. The standard InChI is InChI=1S/C22H17F3N6O3/c23-17-10-16(11-18(24)21(17)25)31-5-4-20(32)19(29-31)9-14-2-1-3-15(8-14)28-22(33)34-7-6-30-13-26-12-27-30/h1-5,8,10-13H,6-7,9H2,(H,28,33). The van der Waals surface area contributed by atoms with Crippen LogP contribution in [0.25, 0.3) is 5.69 Å². The molecule has 0 fully saturated rings. The van der Waals surface area contributed by atoms with Crippen LogP contribution in [0.3, 0.4) is 0 Å². The van der Waals surface area contributed by atoms with Crippen molar-refractivity contribution in [3.63, 3.8) is 0 Å². The molecule has 0 aliphatic carbocycles. The van der Waals surface area contributed by atoms with Crippen molar-refractivity contribution in [2.45, 2.75) is 13.0 Å². The number of benzene rings is 2. The third-order valence-electron chi connectivity index (χ3n) is 4.68. The van der Waals surface area contributed by atoms with E-state index in [1.165, 1.54) is 29.6 Å². The van der Waals surface area contributed by atoms with Crippen LogP contribution in [0.5, 0.6) is 0 Å². The van der Waals surface area contributed by atoms with E-state index < -0.39 is 29.0 Å². The highest BCUT2D eigenvalue weighted by atomic mass is 19.2. The lowest BCUT2D eigenvalue weighted by Crippen LogP contribution is -2.18. The minimum absolute atomic E-state index is 0.0721. The number of nitrogens with zero attached hydrogens (tertiary/aromatic N) is 5. The van der Waals surface area contributed by atoms with E-state index in [1.54, 1.807) is 24.3 Å². The van der Waals surface area contributed by atoms with Crippen molar-refractivity contribution < 1.29 is 22.7 Å². The van der Waals surface area contributed by atoms with Gasteiger partial charge in [-0.1, -0.05) is 12.1 Å². The number of ether oxygens (including phenoxy) is 1. The average molecular weight is 470 g/mol. The quantitative estimate of drug-likeness (QED) is 0.417. The smallest absolute Gasteiger partial charge is 0.411 e. The number of amides is 1. The Hall–Kier alpha value is -4.48. The second kappa shape index (κ2) is 9.98. The van der Waals surface area contributed by atoms with Crippen molar-refractivity contribution in [2.24, 2.45) is 0 Å². The Balaban J connectivity index is 1.45. The molecular formula is C22H17F3N6O3. The second-order valence-corrected chi connectivity index (χ2v) is 7.09. The van der Waals surface area contributed by atoms with Crippen molar-refractivity contribution in [1.82, 2.24) is 24.5 Å². The molecule has 0 atom stereocenters. The summed E-state index contributed by atoms with van der Waals surface area (Å²) < 4.78 is 48.1. The summed E-state index contributed by atoms with van der Waals surface area (Å²) in [6.45, 7) is 0.439. The molecule has 0 saturated heterocycles. The number of carbonyl (C=O) groups excluding carboxylic acids is 1. The lowest BCUT2D eigenvalue weighted by atomic mass is 10.1. The van der Waals surface area contributed by atoms with Gasteiger partial charge in [0.25, 0.3) is 0 Å². The van der Waals surface area contributed by atoms with E-state index in [-0.39, 0.29) is 24.4 Å². The highest BCUT2D eigenvalue weighted by Gasteiger charge is 2.13. The Morgan fingerprint density at radius 2 is 1.88 bits per heavy atom. The summed E-state index contributed by atoms with van der Waals surface area (Å²) in [7, 11) is 0. The fourth-order valence-corrected chi connectivity index (χ4v) is 3.07. The lowest BCUT2D eigenvalue weighted by molar-refractivity contribution is 0.155. The first-order valence-electron chi connectivity index (χ1n) is 9.98. The van der Waals surface area contributed by atoms with Crippen LogP contribution in [0.1, 0.15) is 11.3 Å². The van der Waals surface area contributed by atoms with Crippen LogP contribution in [0.4, 0.5) is 23.7 Å². The van der Waals surface area contributed by atoms with Gasteiger partial charge in [-0.15, -0.1) is 0 Å². The van der Waals surface area contributed by atoms with Gasteiger partial charge in [-0.25, -0.2) is 32.3 Å². The summed E-state index contributed by atoms with van der Waals surface area (Å²) in [5, 5.41) is 10.6. The predicted octanol–water partition coefficient (Wildman–Crippen LogP) is 3.08. The molecule has 0 spiro atoms. The first-order chi connectivity index (χ1) is 16.4. The van der Waals surface area contributed by atoms with Gasteiger partial charge in [0.2, 0.25) is 5.43 Å². The van der Waals surface area contributed by atoms with Gasteiger partial charge in [0.05, 0.1) is 12.2 Å². The summed E-state index contributed by atoms with van der Waals surface area (Å²) in [6.07, 6.45) is 3.50. The number of carbonyl (C=O) groups is 1. The van der Waals surface area contributed by atoms with Crippen LogP contribution in [-0.4, -0.2) is 37.2 Å². The molecule has 4 aromatic rings. The maximum absolute atomic E-state index is 13.6. The summed E-state index contributed by atoms with van der Waals surface area (Å²) in [4.78, 5) is 28.1. The molecule has 0 unspecified atom stereocenters. The zero-order valence-corrected chi connectivity index (χ0v) is 17.5. The number of halogens is 3. The molecule has 1 N–H and O–H groups in total. The van der Waals surface area contributed by atoms with Crippen molar-refractivity contribution >= 4 is 11.8 Å². The third kappa shape index (κ3) is 5.46.